The van der Waals surface area contributed by atoms with Gasteiger partial charge in [0.25, 0.3) is 5.91 Å². The maximum Gasteiger partial charge on any atom is 0.410 e. The van der Waals surface area contributed by atoms with Crippen molar-refractivity contribution in [3.05, 3.63) is 23.0 Å². The van der Waals surface area contributed by atoms with Gasteiger partial charge in [0.2, 0.25) is 0 Å². The van der Waals surface area contributed by atoms with Crippen molar-refractivity contribution in [2.24, 2.45) is 0 Å². The Balaban J connectivity index is 1.76. The lowest BCUT2D eigenvalue weighted by Crippen LogP contribution is -2.58. The van der Waals surface area contributed by atoms with Gasteiger partial charge in [-0.3, -0.25) is 4.79 Å². The van der Waals surface area contributed by atoms with Gasteiger partial charge in [-0.2, -0.15) is 0 Å². The molecule has 1 atom stereocenters. The first-order valence-corrected chi connectivity index (χ1v) is 8.20. The summed E-state index contributed by atoms with van der Waals surface area (Å²) in [7, 11) is 0. The van der Waals surface area contributed by atoms with Gasteiger partial charge in [-0.25, -0.2) is 9.78 Å². The van der Waals surface area contributed by atoms with E-state index in [1.54, 1.807) is 21.9 Å². The minimum absolute atomic E-state index is 0.218. The molecular formula is C16H20ClN3O4. The SMILES string of the molecule is CC(C)(C)OC(=O)N1CCN2C(=O)c3nc(Cl)ccc3OCC2C1. The Labute approximate surface area is 145 Å². The Kier molecular flexibility index (Phi) is 4.29. The molecule has 0 radical (unpaired) electrons. The molecule has 0 N–H and O–H groups in total. The van der Waals surface area contributed by atoms with Crippen LogP contribution in [0, 0.1) is 0 Å². The van der Waals surface area contributed by atoms with Crippen LogP contribution in [0.15, 0.2) is 12.1 Å². The van der Waals surface area contributed by atoms with Crippen molar-refractivity contribution < 1.29 is 19.1 Å². The first-order chi connectivity index (χ1) is 11.2. The minimum Gasteiger partial charge on any atom is -0.489 e. The lowest BCUT2D eigenvalue weighted by Gasteiger charge is -2.40. The quantitative estimate of drug-likeness (QED) is 0.668. The second kappa shape index (κ2) is 6.12. The van der Waals surface area contributed by atoms with E-state index in [-0.39, 0.29) is 28.9 Å². The number of hydrogen-bond acceptors (Lipinski definition) is 5. The highest BCUT2D eigenvalue weighted by molar-refractivity contribution is 6.29. The van der Waals surface area contributed by atoms with Crippen molar-refractivity contribution in [1.82, 2.24) is 14.8 Å². The molecule has 0 aromatic carbocycles. The molecule has 2 aliphatic heterocycles. The highest BCUT2D eigenvalue weighted by atomic mass is 35.5. The standard InChI is InChI=1S/C16H20ClN3O4/c1-16(2,3)24-15(22)19-6-7-20-10(8-19)9-23-11-4-5-12(17)18-13(11)14(20)21/h4-5,10H,6-9H2,1-3H3. The topological polar surface area (TPSA) is 72.0 Å². The van der Waals surface area contributed by atoms with Crippen molar-refractivity contribution in [3.8, 4) is 5.75 Å². The highest BCUT2D eigenvalue weighted by Gasteiger charge is 2.38. The van der Waals surface area contributed by atoms with Crippen molar-refractivity contribution >= 4 is 23.6 Å². The molecule has 3 heterocycles. The van der Waals surface area contributed by atoms with Gasteiger partial charge in [-0.05, 0) is 32.9 Å². The molecular weight excluding hydrogens is 334 g/mol. The van der Waals surface area contributed by atoms with Crippen molar-refractivity contribution in [1.29, 1.82) is 0 Å². The summed E-state index contributed by atoms with van der Waals surface area (Å²) >= 11 is 5.89. The Morgan fingerprint density at radius 1 is 1.38 bits per heavy atom. The fraction of sp³-hybridized carbons (Fsp3) is 0.562. The van der Waals surface area contributed by atoms with Crippen LogP contribution in [0.4, 0.5) is 4.79 Å². The van der Waals surface area contributed by atoms with Crippen LogP contribution in [0.25, 0.3) is 0 Å². The summed E-state index contributed by atoms with van der Waals surface area (Å²) in [4.78, 5) is 32.4. The zero-order valence-electron chi connectivity index (χ0n) is 13.9. The number of carbonyl (C=O) groups is 2. The molecule has 2 aliphatic rings. The summed E-state index contributed by atoms with van der Waals surface area (Å²) in [5.41, 5.74) is -0.336. The van der Waals surface area contributed by atoms with Crippen LogP contribution >= 0.6 is 11.6 Å². The number of fused-ring (bicyclic) bond motifs is 2. The molecule has 0 bridgehead atoms. The van der Waals surface area contributed by atoms with E-state index in [1.807, 2.05) is 20.8 Å². The van der Waals surface area contributed by atoms with Gasteiger partial charge in [-0.1, -0.05) is 11.6 Å². The number of halogens is 1. The predicted molar refractivity (Wildman–Crippen MR) is 87.4 cm³/mol. The number of amides is 2. The van der Waals surface area contributed by atoms with Gasteiger partial charge in [0, 0.05) is 19.6 Å². The average molecular weight is 354 g/mol. The molecule has 130 valence electrons. The maximum atomic E-state index is 12.7. The summed E-state index contributed by atoms with van der Waals surface area (Å²) in [6.45, 7) is 6.94. The summed E-state index contributed by atoms with van der Waals surface area (Å²) in [5, 5.41) is 0.247. The molecule has 3 rings (SSSR count). The van der Waals surface area contributed by atoms with Crippen molar-refractivity contribution in [2.45, 2.75) is 32.4 Å². The van der Waals surface area contributed by atoms with Gasteiger partial charge < -0.3 is 19.3 Å². The molecule has 2 amide bonds. The number of ether oxygens (including phenoxy) is 2. The monoisotopic (exact) mass is 353 g/mol. The number of piperazine rings is 1. The third kappa shape index (κ3) is 3.40. The highest BCUT2D eigenvalue weighted by Crippen LogP contribution is 2.27. The zero-order chi connectivity index (χ0) is 17.5. The third-order valence-electron chi connectivity index (χ3n) is 3.85. The minimum atomic E-state index is -0.555. The second-order valence-electron chi connectivity index (χ2n) is 6.87. The number of aromatic nitrogens is 1. The second-order valence-corrected chi connectivity index (χ2v) is 7.26. The molecule has 8 heteroatoms. The van der Waals surface area contributed by atoms with Gasteiger partial charge in [0.1, 0.15) is 17.4 Å². The molecule has 0 saturated carbocycles. The predicted octanol–water partition coefficient (Wildman–Crippen LogP) is 2.19. The first kappa shape index (κ1) is 16.8. The van der Waals surface area contributed by atoms with Crippen LogP contribution in [-0.2, 0) is 4.74 Å². The lowest BCUT2D eigenvalue weighted by atomic mass is 10.1. The molecule has 1 aromatic rings. The largest absolute Gasteiger partial charge is 0.489 e. The number of carbonyl (C=O) groups excluding carboxylic acids is 2. The number of nitrogens with zero attached hydrogens (tertiary/aromatic N) is 3. The fourth-order valence-corrected chi connectivity index (χ4v) is 2.92. The van der Waals surface area contributed by atoms with Gasteiger partial charge in [0.05, 0.1) is 6.04 Å². The fourth-order valence-electron chi connectivity index (χ4n) is 2.77. The lowest BCUT2D eigenvalue weighted by molar-refractivity contribution is 0.000896. The van der Waals surface area contributed by atoms with E-state index in [2.05, 4.69) is 4.98 Å². The molecule has 1 saturated heterocycles. The Bertz CT molecular complexity index is 674. The normalized spacial score (nSPS) is 20.7. The zero-order valence-corrected chi connectivity index (χ0v) is 14.7. The molecule has 1 unspecified atom stereocenters. The molecule has 1 aromatic heterocycles. The van der Waals surface area contributed by atoms with Gasteiger partial charge in [-0.15, -0.1) is 0 Å². The van der Waals surface area contributed by atoms with Crippen LogP contribution in [0.2, 0.25) is 5.15 Å². The van der Waals surface area contributed by atoms with E-state index in [4.69, 9.17) is 21.1 Å². The summed E-state index contributed by atoms with van der Waals surface area (Å²) in [6.07, 6.45) is -0.377. The van der Waals surface area contributed by atoms with Gasteiger partial charge in [0.15, 0.2) is 11.4 Å². The van der Waals surface area contributed by atoms with E-state index in [0.717, 1.165) is 0 Å². The summed E-state index contributed by atoms with van der Waals surface area (Å²) < 4.78 is 11.1. The number of pyridine rings is 1. The maximum absolute atomic E-state index is 12.7. The smallest absolute Gasteiger partial charge is 0.410 e. The Hall–Kier alpha value is -2.02. The molecule has 24 heavy (non-hydrogen) atoms. The van der Waals surface area contributed by atoms with E-state index < -0.39 is 5.60 Å². The Morgan fingerprint density at radius 2 is 2.12 bits per heavy atom. The van der Waals surface area contributed by atoms with Gasteiger partial charge >= 0.3 is 6.09 Å². The van der Waals surface area contributed by atoms with E-state index in [0.29, 0.717) is 32.0 Å². The van der Waals surface area contributed by atoms with Crippen LogP contribution in [0.5, 0.6) is 5.75 Å². The van der Waals surface area contributed by atoms with Crippen molar-refractivity contribution in [2.75, 3.05) is 26.2 Å². The van der Waals surface area contributed by atoms with Crippen LogP contribution < -0.4 is 4.74 Å². The molecule has 1 fully saturated rings. The number of hydrogen-bond donors (Lipinski definition) is 0. The van der Waals surface area contributed by atoms with Crippen molar-refractivity contribution in [3.63, 3.8) is 0 Å². The number of rotatable bonds is 0. The average Bonchev–Trinajstić information content (AvgIpc) is 2.63. The van der Waals surface area contributed by atoms with Crippen LogP contribution in [-0.4, -0.2) is 64.7 Å². The van der Waals surface area contributed by atoms with E-state index in [9.17, 15) is 9.59 Å². The molecule has 7 nitrogen and oxygen atoms in total. The summed E-state index contributed by atoms with van der Waals surface area (Å²) in [6, 6.07) is 2.99. The van der Waals surface area contributed by atoms with E-state index in [1.165, 1.54) is 0 Å². The Morgan fingerprint density at radius 3 is 2.83 bits per heavy atom. The molecule has 0 aliphatic carbocycles. The first-order valence-electron chi connectivity index (χ1n) is 7.83. The third-order valence-corrected chi connectivity index (χ3v) is 4.06. The summed E-state index contributed by atoms with van der Waals surface area (Å²) in [5.74, 6) is 0.196. The van der Waals surface area contributed by atoms with E-state index >= 15 is 0 Å². The van der Waals surface area contributed by atoms with Crippen LogP contribution in [0.1, 0.15) is 31.3 Å². The van der Waals surface area contributed by atoms with Crippen LogP contribution in [0.3, 0.4) is 0 Å². The molecule has 0 spiro atoms.